The third-order valence-electron chi connectivity index (χ3n) is 3.68. The minimum Gasteiger partial charge on any atom is -0.396 e. The number of ether oxygens (including phenoxy) is 1. The van der Waals surface area contributed by atoms with E-state index < -0.39 is 53.2 Å². The number of hydrogen-bond donors (Lipinski definition) is 3. The molecule has 2 unspecified atom stereocenters. The molecule has 2 rings (SSSR count). The van der Waals surface area contributed by atoms with E-state index in [1.165, 1.54) is 6.92 Å². The molecule has 1 aromatic heterocycles. The first-order valence-electron chi connectivity index (χ1n) is 6.56. The Hall–Kier alpha value is -1.37. The van der Waals surface area contributed by atoms with Crippen molar-refractivity contribution < 1.29 is 19.3 Å². The van der Waals surface area contributed by atoms with Gasteiger partial charge in [0.15, 0.2) is 22.7 Å². The van der Waals surface area contributed by atoms with E-state index in [-0.39, 0.29) is 0 Å². The molecule has 0 saturated carbocycles. The highest BCUT2D eigenvalue weighted by atomic mass is 35.5. The van der Waals surface area contributed by atoms with Crippen LogP contribution in [-0.4, -0.2) is 43.5 Å². The summed E-state index contributed by atoms with van der Waals surface area (Å²) >= 11 is 11.9. The van der Waals surface area contributed by atoms with Gasteiger partial charge in [0.05, 0.1) is 25.0 Å². The molecule has 1 aliphatic rings. The molecule has 1 aliphatic heterocycles. The van der Waals surface area contributed by atoms with Crippen LogP contribution in [0.2, 0.25) is 0 Å². The number of rotatable bonds is 3. The van der Waals surface area contributed by atoms with Gasteiger partial charge in [-0.25, -0.2) is 9.18 Å². The Labute approximate surface area is 140 Å². The van der Waals surface area contributed by atoms with Gasteiger partial charge in [0.2, 0.25) is 0 Å². The van der Waals surface area contributed by atoms with Gasteiger partial charge in [-0.2, -0.15) is 4.98 Å². The Bertz CT molecular complexity index is 717. The second-order valence-electron chi connectivity index (χ2n) is 5.13. The van der Waals surface area contributed by atoms with Crippen molar-refractivity contribution in [2.45, 2.75) is 30.2 Å². The molecule has 1 saturated heterocycles. The van der Waals surface area contributed by atoms with Crippen LogP contribution in [0.3, 0.4) is 0 Å². The van der Waals surface area contributed by atoms with Crippen LogP contribution >= 0.6 is 23.2 Å². The monoisotopic (exact) mass is 365 g/mol. The fourth-order valence-corrected chi connectivity index (χ4v) is 3.17. The Kier molecular flexibility index (Phi) is 5.18. The number of hydrogen-bond acceptors (Lipinski definition) is 6. The molecule has 23 heavy (non-hydrogen) atoms. The number of nitrogens with zero attached hydrogens (tertiary/aromatic N) is 2. The fourth-order valence-electron chi connectivity index (χ4n) is 2.57. The minimum atomic E-state index is -1.67. The molecule has 1 fully saturated rings. The highest BCUT2D eigenvalue weighted by Gasteiger charge is 2.57. The van der Waals surface area contributed by atoms with Crippen LogP contribution in [0, 0.1) is 23.0 Å². The molecule has 10 heteroatoms. The molecule has 0 amide bonds. The summed E-state index contributed by atoms with van der Waals surface area (Å²) in [4.78, 5) is 13.7. The van der Waals surface area contributed by atoms with E-state index in [0.29, 0.717) is 0 Å². The molecule has 2 heterocycles. The van der Waals surface area contributed by atoms with E-state index in [9.17, 15) is 19.4 Å². The first kappa shape index (κ1) is 18.0. The maximum atomic E-state index is 13.7. The van der Waals surface area contributed by atoms with Gasteiger partial charge in [-0.3, -0.25) is 4.57 Å². The Morgan fingerprint density at radius 2 is 2.35 bits per heavy atom. The zero-order valence-corrected chi connectivity index (χ0v) is 13.4. The number of nitrogens with two attached hydrogens (primary N) is 1. The number of aromatic nitrogens is 2. The Morgan fingerprint density at radius 1 is 1.70 bits per heavy atom. The molecule has 7 nitrogen and oxygen atoms in total. The quantitative estimate of drug-likeness (QED) is 0.514. The van der Waals surface area contributed by atoms with E-state index in [1.807, 2.05) is 0 Å². The molecule has 0 radical (unpaired) electrons. The van der Waals surface area contributed by atoms with Crippen LogP contribution in [0.15, 0.2) is 11.0 Å². The van der Waals surface area contributed by atoms with Crippen molar-refractivity contribution in [3.05, 3.63) is 22.5 Å². The molecule has 0 aliphatic carbocycles. The van der Waals surface area contributed by atoms with Crippen molar-refractivity contribution >= 4 is 29.0 Å². The largest absolute Gasteiger partial charge is 0.396 e. The maximum absolute atomic E-state index is 13.7. The lowest BCUT2D eigenvalue weighted by Gasteiger charge is -2.27. The molecular weight excluding hydrogens is 352 g/mol. The summed E-state index contributed by atoms with van der Waals surface area (Å²) in [6, 6.07) is 0. The zero-order chi connectivity index (χ0) is 17.4. The predicted molar refractivity (Wildman–Crippen MR) is 81.2 cm³/mol. The number of halogens is 3. The third-order valence-corrected chi connectivity index (χ3v) is 4.34. The number of nitrogen functional groups attached to an aromatic ring is 1. The van der Waals surface area contributed by atoms with Gasteiger partial charge in [-0.15, -0.1) is 0 Å². The number of aliphatic hydroxyl groups is 2. The smallest absolute Gasteiger partial charge is 0.351 e. The lowest BCUT2D eigenvalue weighted by atomic mass is 9.87. The van der Waals surface area contributed by atoms with E-state index in [0.717, 1.165) is 10.8 Å². The molecule has 4 N–H and O–H groups in total. The zero-order valence-electron chi connectivity index (χ0n) is 11.9. The molecule has 0 bridgehead atoms. The third kappa shape index (κ3) is 3.03. The standard InChI is InChI=1S/C13H14Cl2FN3O4/c1-6(21)9-7(5-20)13(15,2-3-14)11(23-9)19-4-8(16)10(17)18-12(19)22/h4,6-7,9,11,20-21H,5H2,1H3,(H2,17,18,22)/t6-,7?,9+,11+,13?/m0/s1. The lowest BCUT2D eigenvalue weighted by molar-refractivity contribution is -0.0689. The summed E-state index contributed by atoms with van der Waals surface area (Å²) in [5.41, 5.74) is 4.32. The van der Waals surface area contributed by atoms with Gasteiger partial charge in [-0.05, 0) is 18.5 Å². The van der Waals surface area contributed by atoms with Crippen molar-refractivity contribution in [1.82, 2.24) is 9.55 Å². The van der Waals surface area contributed by atoms with Crippen LogP contribution < -0.4 is 11.4 Å². The Balaban J connectivity index is 2.62. The average molecular weight is 366 g/mol. The van der Waals surface area contributed by atoms with E-state index in [4.69, 9.17) is 33.7 Å². The van der Waals surface area contributed by atoms with Crippen LogP contribution in [0.1, 0.15) is 13.2 Å². The molecule has 0 spiro atoms. The second-order valence-corrected chi connectivity index (χ2v) is 5.95. The van der Waals surface area contributed by atoms with E-state index in [2.05, 4.69) is 16.3 Å². The van der Waals surface area contributed by atoms with Gasteiger partial charge in [0, 0.05) is 11.3 Å². The molecule has 0 aromatic carbocycles. The van der Waals surface area contributed by atoms with Crippen LogP contribution in [0.4, 0.5) is 10.2 Å². The maximum Gasteiger partial charge on any atom is 0.351 e. The van der Waals surface area contributed by atoms with Crippen molar-refractivity contribution in [1.29, 1.82) is 0 Å². The average Bonchev–Trinajstić information content (AvgIpc) is 2.76. The van der Waals surface area contributed by atoms with Crippen molar-refractivity contribution in [2.24, 2.45) is 5.92 Å². The SMILES string of the molecule is C[C@H](O)[C@H]1O[C@@H](n2cc(F)c(N)nc2=O)C(Cl)(C#CCl)C1CO. The highest BCUT2D eigenvalue weighted by molar-refractivity contribution is 6.32. The van der Waals surface area contributed by atoms with E-state index >= 15 is 0 Å². The van der Waals surface area contributed by atoms with E-state index in [1.54, 1.807) is 0 Å². The molecule has 5 atom stereocenters. The second kappa shape index (κ2) is 6.63. The first-order chi connectivity index (χ1) is 10.8. The van der Waals surface area contributed by atoms with Crippen LogP contribution in [0.5, 0.6) is 0 Å². The lowest BCUT2D eigenvalue weighted by Crippen LogP contribution is -2.42. The van der Waals surface area contributed by atoms with Gasteiger partial charge in [0.1, 0.15) is 0 Å². The molecule has 126 valence electrons. The topological polar surface area (TPSA) is 111 Å². The highest BCUT2D eigenvalue weighted by Crippen LogP contribution is 2.47. The summed E-state index contributed by atoms with van der Waals surface area (Å²) in [5, 5.41) is 21.5. The van der Waals surface area contributed by atoms with Gasteiger partial charge < -0.3 is 20.7 Å². The number of alkyl halides is 1. The normalized spacial score (nSPS) is 31.5. The Morgan fingerprint density at radius 3 is 2.87 bits per heavy atom. The summed E-state index contributed by atoms with van der Waals surface area (Å²) in [6.45, 7) is 0.923. The van der Waals surface area contributed by atoms with Crippen molar-refractivity contribution in [3.63, 3.8) is 0 Å². The first-order valence-corrected chi connectivity index (χ1v) is 7.32. The van der Waals surface area contributed by atoms with Crippen LogP contribution in [0.25, 0.3) is 0 Å². The molecule has 1 aromatic rings. The summed E-state index contributed by atoms with van der Waals surface area (Å²) in [5.74, 6) is 0.0561. The fraction of sp³-hybridized carbons (Fsp3) is 0.538. The van der Waals surface area contributed by atoms with Gasteiger partial charge in [0.25, 0.3) is 0 Å². The predicted octanol–water partition coefficient (Wildman–Crippen LogP) is 0.0286. The summed E-state index contributed by atoms with van der Waals surface area (Å²) in [7, 11) is 0. The van der Waals surface area contributed by atoms with Gasteiger partial charge in [-0.1, -0.05) is 17.5 Å². The summed E-state index contributed by atoms with van der Waals surface area (Å²) < 4.78 is 20.0. The molecular formula is C13H14Cl2FN3O4. The van der Waals surface area contributed by atoms with Crippen molar-refractivity contribution in [3.8, 4) is 11.3 Å². The van der Waals surface area contributed by atoms with Gasteiger partial charge >= 0.3 is 5.69 Å². The van der Waals surface area contributed by atoms with Crippen LogP contribution in [-0.2, 0) is 4.74 Å². The number of anilines is 1. The number of aliphatic hydroxyl groups excluding tert-OH is 2. The van der Waals surface area contributed by atoms with Crippen molar-refractivity contribution in [2.75, 3.05) is 12.3 Å². The summed E-state index contributed by atoms with van der Waals surface area (Å²) in [6.07, 6.45) is -2.54. The minimum absolute atomic E-state index is 0.499.